The minimum atomic E-state index is 0.797. The van der Waals surface area contributed by atoms with Crippen molar-refractivity contribution in [3.63, 3.8) is 0 Å². The van der Waals surface area contributed by atoms with Crippen molar-refractivity contribution in [2.75, 3.05) is 6.54 Å². The van der Waals surface area contributed by atoms with Crippen molar-refractivity contribution in [1.82, 2.24) is 15.3 Å². The first-order chi connectivity index (χ1) is 7.45. The Bertz CT molecular complexity index is 317. The predicted octanol–water partition coefficient (Wildman–Crippen LogP) is 1.73. The second kappa shape index (κ2) is 5.36. The van der Waals surface area contributed by atoms with E-state index in [0.717, 1.165) is 37.5 Å². The number of furan rings is 1. The second-order valence-corrected chi connectivity index (χ2v) is 3.40. The van der Waals surface area contributed by atoms with Gasteiger partial charge in [0.2, 0.25) is 0 Å². The lowest BCUT2D eigenvalue weighted by Gasteiger charge is -2.01. The molecule has 2 aromatic heterocycles. The summed E-state index contributed by atoms with van der Waals surface area (Å²) < 4.78 is 5.20. The fourth-order valence-corrected chi connectivity index (χ4v) is 1.44. The molecule has 0 spiro atoms. The summed E-state index contributed by atoms with van der Waals surface area (Å²) in [6.07, 6.45) is 7.39. The van der Waals surface area contributed by atoms with Crippen LogP contribution in [0.2, 0.25) is 0 Å². The smallest absolute Gasteiger partial charge is 0.117 e. The summed E-state index contributed by atoms with van der Waals surface area (Å²) in [6.45, 7) is 1.77. The number of aryl methyl sites for hydroxylation is 1. The van der Waals surface area contributed by atoms with Gasteiger partial charge in [0.05, 0.1) is 12.8 Å². The van der Waals surface area contributed by atoms with Crippen LogP contribution in [0.4, 0.5) is 0 Å². The zero-order chi connectivity index (χ0) is 10.3. The maximum absolute atomic E-state index is 5.20. The third-order valence-corrected chi connectivity index (χ3v) is 2.20. The normalized spacial score (nSPS) is 10.7. The van der Waals surface area contributed by atoms with Gasteiger partial charge in [-0.1, -0.05) is 0 Å². The number of H-pyrrole nitrogens is 1. The van der Waals surface area contributed by atoms with E-state index in [-0.39, 0.29) is 0 Å². The van der Waals surface area contributed by atoms with Crippen LogP contribution in [-0.4, -0.2) is 16.5 Å². The first-order valence-electron chi connectivity index (χ1n) is 5.16. The summed E-state index contributed by atoms with van der Waals surface area (Å²) in [5.74, 6) is 2.03. The summed E-state index contributed by atoms with van der Waals surface area (Å²) in [7, 11) is 0. The monoisotopic (exact) mass is 205 g/mol. The van der Waals surface area contributed by atoms with E-state index in [9.17, 15) is 0 Å². The molecule has 0 aliphatic heterocycles. The van der Waals surface area contributed by atoms with Gasteiger partial charge in [0, 0.05) is 18.8 Å². The highest BCUT2D eigenvalue weighted by molar-refractivity contribution is 4.97. The third kappa shape index (κ3) is 3.25. The fourth-order valence-electron chi connectivity index (χ4n) is 1.44. The number of nitrogens with zero attached hydrogens (tertiary/aromatic N) is 1. The second-order valence-electron chi connectivity index (χ2n) is 3.40. The molecular formula is C11H15N3O. The standard InChI is InChI=1S/C11H15N3O/c1(4-11-13-6-7-14-11)5-12-9-10-3-2-8-15-10/h2-3,6-8,12H,1,4-5,9H2,(H,13,14). The summed E-state index contributed by atoms with van der Waals surface area (Å²) in [6, 6.07) is 3.87. The Morgan fingerprint density at radius 2 is 2.47 bits per heavy atom. The van der Waals surface area contributed by atoms with E-state index in [1.54, 1.807) is 12.5 Å². The molecule has 0 aliphatic rings. The lowest BCUT2D eigenvalue weighted by atomic mass is 10.3. The molecule has 0 radical (unpaired) electrons. The highest BCUT2D eigenvalue weighted by Crippen LogP contribution is 1.99. The van der Waals surface area contributed by atoms with E-state index >= 15 is 0 Å². The van der Waals surface area contributed by atoms with E-state index in [1.165, 1.54) is 0 Å². The average Bonchev–Trinajstić information content (AvgIpc) is 2.88. The van der Waals surface area contributed by atoms with Crippen LogP contribution in [0.25, 0.3) is 0 Å². The maximum Gasteiger partial charge on any atom is 0.117 e. The van der Waals surface area contributed by atoms with Crippen molar-refractivity contribution in [3.8, 4) is 0 Å². The molecule has 4 heteroatoms. The Hall–Kier alpha value is -1.55. The molecule has 0 aliphatic carbocycles. The fraction of sp³-hybridized carbons (Fsp3) is 0.364. The SMILES string of the molecule is c1coc(CNCCCc2ncc[nH]2)c1. The molecule has 2 N–H and O–H groups in total. The van der Waals surface area contributed by atoms with Gasteiger partial charge < -0.3 is 14.7 Å². The van der Waals surface area contributed by atoms with Crippen LogP contribution in [-0.2, 0) is 13.0 Å². The number of aromatic amines is 1. The van der Waals surface area contributed by atoms with Gasteiger partial charge in [-0.2, -0.15) is 0 Å². The zero-order valence-corrected chi connectivity index (χ0v) is 8.57. The lowest BCUT2D eigenvalue weighted by Crippen LogP contribution is -2.15. The highest BCUT2D eigenvalue weighted by atomic mass is 16.3. The summed E-state index contributed by atoms with van der Waals surface area (Å²) >= 11 is 0. The van der Waals surface area contributed by atoms with Gasteiger partial charge in [-0.25, -0.2) is 4.98 Å². The summed E-state index contributed by atoms with van der Waals surface area (Å²) in [5, 5.41) is 3.31. The van der Waals surface area contributed by atoms with Crippen molar-refractivity contribution in [2.45, 2.75) is 19.4 Å². The van der Waals surface area contributed by atoms with Crippen LogP contribution in [0.1, 0.15) is 18.0 Å². The summed E-state index contributed by atoms with van der Waals surface area (Å²) in [4.78, 5) is 7.25. The van der Waals surface area contributed by atoms with Gasteiger partial charge >= 0.3 is 0 Å². The van der Waals surface area contributed by atoms with Gasteiger partial charge in [-0.3, -0.25) is 0 Å². The molecular weight excluding hydrogens is 190 g/mol. The first-order valence-corrected chi connectivity index (χ1v) is 5.16. The lowest BCUT2D eigenvalue weighted by molar-refractivity contribution is 0.480. The van der Waals surface area contributed by atoms with E-state index in [0.29, 0.717) is 0 Å². The highest BCUT2D eigenvalue weighted by Gasteiger charge is 1.96. The average molecular weight is 205 g/mol. The van der Waals surface area contributed by atoms with Crippen molar-refractivity contribution < 1.29 is 4.42 Å². The molecule has 2 rings (SSSR count). The van der Waals surface area contributed by atoms with E-state index in [2.05, 4.69) is 15.3 Å². The Kier molecular flexibility index (Phi) is 3.57. The zero-order valence-electron chi connectivity index (χ0n) is 8.57. The Labute approximate surface area is 88.7 Å². The quantitative estimate of drug-likeness (QED) is 0.706. The van der Waals surface area contributed by atoms with Crippen molar-refractivity contribution >= 4 is 0 Å². The van der Waals surface area contributed by atoms with E-state index in [1.807, 2.05) is 18.3 Å². The largest absolute Gasteiger partial charge is 0.468 e. The van der Waals surface area contributed by atoms with Gasteiger partial charge in [0.1, 0.15) is 11.6 Å². The molecule has 0 saturated carbocycles. The van der Waals surface area contributed by atoms with Crippen LogP contribution in [0, 0.1) is 0 Å². The molecule has 0 saturated heterocycles. The van der Waals surface area contributed by atoms with Crippen LogP contribution in [0.3, 0.4) is 0 Å². The topological polar surface area (TPSA) is 53.9 Å². The molecule has 2 aromatic rings. The van der Waals surface area contributed by atoms with Crippen molar-refractivity contribution in [3.05, 3.63) is 42.4 Å². The molecule has 80 valence electrons. The van der Waals surface area contributed by atoms with Crippen molar-refractivity contribution in [1.29, 1.82) is 0 Å². The van der Waals surface area contributed by atoms with Crippen molar-refractivity contribution in [2.24, 2.45) is 0 Å². The number of aromatic nitrogens is 2. The van der Waals surface area contributed by atoms with Gasteiger partial charge in [-0.15, -0.1) is 0 Å². The minimum absolute atomic E-state index is 0.797. The molecule has 0 bridgehead atoms. The Balaban J connectivity index is 1.56. The van der Waals surface area contributed by atoms with Gasteiger partial charge in [0.25, 0.3) is 0 Å². The number of imidazole rings is 1. The number of nitrogens with one attached hydrogen (secondary N) is 2. The predicted molar refractivity (Wildman–Crippen MR) is 57.3 cm³/mol. The summed E-state index contributed by atoms with van der Waals surface area (Å²) in [5.41, 5.74) is 0. The van der Waals surface area contributed by atoms with Crippen LogP contribution >= 0.6 is 0 Å². The Morgan fingerprint density at radius 1 is 1.47 bits per heavy atom. The maximum atomic E-state index is 5.20. The van der Waals surface area contributed by atoms with Gasteiger partial charge in [0.15, 0.2) is 0 Å². The molecule has 2 heterocycles. The Morgan fingerprint density at radius 3 is 3.20 bits per heavy atom. The van der Waals surface area contributed by atoms with E-state index in [4.69, 9.17) is 4.42 Å². The van der Waals surface area contributed by atoms with Crippen LogP contribution in [0.15, 0.2) is 35.2 Å². The van der Waals surface area contributed by atoms with Gasteiger partial charge in [-0.05, 0) is 25.1 Å². The molecule has 0 aromatic carbocycles. The molecule has 4 nitrogen and oxygen atoms in total. The molecule has 0 amide bonds. The molecule has 0 fully saturated rings. The minimum Gasteiger partial charge on any atom is -0.468 e. The first kappa shape index (κ1) is 9.98. The number of hydrogen-bond donors (Lipinski definition) is 2. The van der Waals surface area contributed by atoms with E-state index < -0.39 is 0 Å². The third-order valence-electron chi connectivity index (χ3n) is 2.20. The molecule has 0 atom stereocenters. The number of rotatable bonds is 6. The molecule has 15 heavy (non-hydrogen) atoms. The van der Waals surface area contributed by atoms with Crippen LogP contribution < -0.4 is 5.32 Å². The molecule has 0 unspecified atom stereocenters. The van der Waals surface area contributed by atoms with Crippen LogP contribution in [0.5, 0.6) is 0 Å². The number of hydrogen-bond acceptors (Lipinski definition) is 3.